The van der Waals surface area contributed by atoms with Gasteiger partial charge in [-0.05, 0) is 12.1 Å². The van der Waals surface area contributed by atoms with Gasteiger partial charge in [0.1, 0.15) is 37.5 Å². The molecule has 0 amide bonds. The molecule has 3 heteroatoms. The van der Waals surface area contributed by atoms with Gasteiger partial charge in [-0.1, -0.05) is 72.8 Å². The molecule has 0 saturated carbocycles. The quantitative estimate of drug-likeness (QED) is 0.687. The molecule has 0 bridgehead atoms. The first kappa shape index (κ1) is 17.8. The first-order chi connectivity index (χ1) is 13.3. The van der Waals surface area contributed by atoms with Gasteiger partial charge < -0.3 is 4.74 Å². The van der Waals surface area contributed by atoms with Crippen LogP contribution in [0, 0.1) is 0 Å². The van der Waals surface area contributed by atoms with Gasteiger partial charge in [-0.15, -0.1) is 0 Å². The molecule has 2 N–H and O–H groups in total. The van der Waals surface area contributed by atoms with Gasteiger partial charge in [0, 0.05) is 11.1 Å². The van der Waals surface area contributed by atoms with Gasteiger partial charge >= 0.3 is 0 Å². The van der Waals surface area contributed by atoms with Crippen molar-refractivity contribution in [1.82, 2.24) is 0 Å². The van der Waals surface area contributed by atoms with E-state index in [1.165, 1.54) is 29.8 Å². The van der Waals surface area contributed by atoms with Crippen molar-refractivity contribution in [2.24, 2.45) is 0 Å². The molecular weight excluding hydrogens is 332 g/mol. The normalized spacial score (nSPS) is 21.9. The highest BCUT2D eigenvalue weighted by atomic mass is 16.5. The highest BCUT2D eigenvalue weighted by Crippen LogP contribution is 2.21. The SMILES string of the molecule is COc1ccccc1C1[NH+](Cc2ccccc2)CC[NH+]1Cc1ccccc1. The zero-order valence-corrected chi connectivity index (χ0v) is 15.9. The van der Waals surface area contributed by atoms with Crippen LogP contribution in [0.3, 0.4) is 0 Å². The predicted molar refractivity (Wildman–Crippen MR) is 108 cm³/mol. The lowest BCUT2D eigenvalue weighted by Gasteiger charge is -2.26. The summed E-state index contributed by atoms with van der Waals surface area (Å²) in [5, 5.41) is 0. The van der Waals surface area contributed by atoms with E-state index in [2.05, 4.69) is 84.9 Å². The van der Waals surface area contributed by atoms with E-state index >= 15 is 0 Å². The number of benzene rings is 3. The number of rotatable bonds is 6. The maximum absolute atomic E-state index is 5.73. The van der Waals surface area contributed by atoms with Crippen molar-refractivity contribution in [1.29, 1.82) is 0 Å². The van der Waals surface area contributed by atoms with Crippen LogP contribution in [-0.4, -0.2) is 20.2 Å². The molecular formula is C24H28N2O+2. The molecule has 0 spiro atoms. The summed E-state index contributed by atoms with van der Waals surface area (Å²) in [6.07, 6.45) is 0.376. The van der Waals surface area contributed by atoms with E-state index in [1.807, 2.05) is 0 Å². The first-order valence-electron chi connectivity index (χ1n) is 9.75. The summed E-state index contributed by atoms with van der Waals surface area (Å²) in [6, 6.07) is 30.2. The number of hydrogen-bond donors (Lipinski definition) is 2. The largest absolute Gasteiger partial charge is 0.496 e. The molecule has 2 atom stereocenters. The van der Waals surface area contributed by atoms with Gasteiger partial charge in [0.25, 0.3) is 0 Å². The second-order valence-electron chi connectivity index (χ2n) is 7.32. The Morgan fingerprint density at radius 3 is 1.70 bits per heavy atom. The molecule has 1 fully saturated rings. The van der Waals surface area contributed by atoms with Crippen molar-refractivity contribution in [3.63, 3.8) is 0 Å². The Bertz CT molecular complexity index is 801. The summed E-state index contributed by atoms with van der Waals surface area (Å²) < 4.78 is 5.73. The predicted octanol–water partition coefficient (Wildman–Crippen LogP) is 1.88. The van der Waals surface area contributed by atoms with E-state index in [-0.39, 0.29) is 0 Å². The van der Waals surface area contributed by atoms with E-state index in [4.69, 9.17) is 4.74 Å². The van der Waals surface area contributed by atoms with Crippen molar-refractivity contribution in [2.45, 2.75) is 19.3 Å². The van der Waals surface area contributed by atoms with Gasteiger partial charge in [-0.25, -0.2) is 0 Å². The summed E-state index contributed by atoms with van der Waals surface area (Å²) in [5.74, 6) is 1.00. The molecule has 1 aliphatic rings. The van der Waals surface area contributed by atoms with Crippen molar-refractivity contribution in [3.05, 3.63) is 102 Å². The Labute approximate surface area is 161 Å². The summed E-state index contributed by atoms with van der Waals surface area (Å²) in [6.45, 7) is 4.42. The molecule has 4 rings (SSSR count). The Morgan fingerprint density at radius 2 is 1.19 bits per heavy atom. The molecule has 1 heterocycles. The van der Waals surface area contributed by atoms with Crippen LogP contribution >= 0.6 is 0 Å². The smallest absolute Gasteiger partial charge is 0.244 e. The van der Waals surface area contributed by atoms with E-state index in [0.29, 0.717) is 6.17 Å². The Balaban J connectivity index is 1.65. The molecule has 1 aliphatic heterocycles. The Kier molecular flexibility index (Phi) is 5.52. The third-order valence-corrected chi connectivity index (χ3v) is 5.58. The minimum Gasteiger partial charge on any atom is -0.496 e. The lowest BCUT2D eigenvalue weighted by molar-refractivity contribution is -1.09. The van der Waals surface area contributed by atoms with Gasteiger partial charge in [0.15, 0.2) is 0 Å². The first-order valence-corrected chi connectivity index (χ1v) is 9.75. The zero-order valence-electron chi connectivity index (χ0n) is 15.9. The fraction of sp³-hybridized carbons (Fsp3) is 0.250. The zero-order chi connectivity index (χ0) is 18.5. The van der Waals surface area contributed by atoms with Crippen molar-refractivity contribution in [2.75, 3.05) is 20.2 Å². The van der Waals surface area contributed by atoms with E-state index in [9.17, 15) is 0 Å². The van der Waals surface area contributed by atoms with Crippen LogP contribution in [0.25, 0.3) is 0 Å². The van der Waals surface area contributed by atoms with Gasteiger partial charge in [0.2, 0.25) is 6.17 Å². The third-order valence-electron chi connectivity index (χ3n) is 5.58. The Morgan fingerprint density at radius 1 is 0.704 bits per heavy atom. The number of ether oxygens (including phenoxy) is 1. The molecule has 3 nitrogen and oxygen atoms in total. The van der Waals surface area contributed by atoms with Gasteiger partial charge in [-0.2, -0.15) is 0 Å². The topological polar surface area (TPSA) is 18.1 Å². The molecule has 3 aromatic carbocycles. The minimum atomic E-state index is 0.376. The third kappa shape index (κ3) is 4.05. The molecule has 3 aromatic rings. The molecule has 138 valence electrons. The lowest BCUT2D eigenvalue weighted by atomic mass is 10.1. The second-order valence-corrected chi connectivity index (χ2v) is 7.32. The highest BCUT2D eigenvalue weighted by Gasteiger charge is 2.42. The van der Waals surface area contributed by atoms with Crippen LogP contribution in [0.1, 0.15) is 22.9 Å². The van der Waals surface area contributed by atoms with Crippen LogP contribution in [0.15, 0.2) is 84.9 Å². The maximum atomic E-state index is 5.73. The van der Waals surface area contributed by atoms with E-state index in [0.717, 1.165) is 18.8 Å². The number of quaternary nitrogens is 2. The average molecular weight is 361 g/mol. The maximum Gasteiger partial charge on any atom is 0.244 e. The van der Waals surface area contributed by atoms with E-state index in [1.54, 1.807) is 16.9 Å². The van der Waals surface area contributed by atoms with Crippen LogP contribution in [0.5, 0.6) is 5.75 Å². The van der Waals surface area contributed by atoms with Crippen LogP contribution < -0.4 is 14.5 Å². The van der Waals surface area contributed by atoms with Crippen LogP contribution in [-0.2, 0) is 13.1 Å². The number of methoxy groups -OCH3 is 1. The monoisotopic (exact) mass is 360 g/mol. The van der Waals surface area contributed by atoms with Crippen molar-refractivity contribution < 1.29 is 14.5 Å². The minimum absolute atomic E-state index is 0.376. The van der Waals surface area contributed by atoms with Crippen molar-refractivity contribution >= 4 is 0 Å². The number of para-hydroxylation sites is 1. The average Bonchev–Trinajstić information content (AvgIpc) is 3.11. The fourth-order valence-electron chi connectivity index (χ4n) is 4.34. The summed E-state index contributed by atoms with van der Waals surface area (Å²) >= 11 is 0. The summed E-state index contributed by atoms with van der Waals surface area (Å²) in [4.78, 5) is 3.22. The summed E-state index contributed by atoms with van der Waals surface area (Å²) in [5.41, 5.74) is 4.11. The molecule has 2 unspecified atom stereocenters. The molecule has 1 saturated heterocycles. The standard InChI is InChI=1S/C24H26N2O/c1-27-23-15-9-8-14-22(23)24-25(18-20-10-4-2-5-11-20)16-17-26(24)19-21-12-6-3-7-13-21/h2-15,24H,16-19H2,1H3/p+2. The molecule has 27 heavy (non-hydrogen) atoms. The number of nitrogens with one attached hydrogen (secondary N) is 2. The highest BCUT2D eigenvalue weighted by molar-refractivity contribution is 5.34. The second kappa shape index (κ2) is 8.38. The lowest BCUT2D eigenvalue weighted by Crippen LogP contribution is -3.22. The van der Waals surface area contributed by atoms with Crippen molar-refractivity contribution in [3.8, 4) is 5.75 Å². The molecule has 0 radical (unpaired) electrons. The van der Waals surface area contributed by atoms with Crippen LogP contribution in [0.2, 0.25) is 0 Å². The summed E-state index contributed by atoms with van der Waals surface area (Å²) in [7, 11) is 1.78. The van der Waals surface area contributed by atoms with Gasteiger partial charge in [0.05, 0.1) is 7.11 Å². The fourth-order valence-corrected chi connectivity index (χ4v) is 4.34. The Hall–Kier alpha value is -2.62. The molecule has 0 aromatic heterocycles. The van der Waals surface area contributed by atoms with Gasteiger partial charge in [-0.3, -0.25) is 9.80 Å². The number of hydrogen-bond acceptors (Lipinski definition) is 1. The molecule has 0 aliphatic carbocycles. The van der Waals surface area contributed by atoms with Crippen LogP contribution in [0.4, 0.5) is 0 Å². The van der Waals surface area contributed by atoms with E-state index < -0.39 is 0 Å².